The van der Waals surface area contributed by atoms with Gasteiger partial charge in [-0.05, 0) is 68.9 Å². The maximum absolute atomic E-state index is 13.0. The molecular formula is C21H33N3O5. The number of unbranched alkanes of at least 4 members (excludes halogenated alkanes) is 2. The summed E-state index contributed by atoms with van der Waals surface area (Å²) < 4.78 is 4.60. The number of ether oxygens (including phenoxy) is 1. The fourth-order valence-electron chi connectivity index (χ4n) is 3.29. The molecule has 1 aromatic rings. The monoisotopic (exact) mass is 407 g/mol. The number of carbonyl (C=O) groups is 3. The van der Waals surface area contributed by atoms with E-state index < -0.39 is 18.0 Å². The van der Waals surface area contributed by atoms with Crippen LogP contribution in [0.3, 0.4) is 0 Å². The average Bonchev–Trinajstić information content (AvgIpc) is 2.65. The van der Waals surface area contributed by atoms with E-state index in [0.717, 1.165) is 16.7 Å². The lowest BCUT2D eigenvalue weighted by Gasteiger charge is -2.30. The summed E-state index contributed by atoms with van der Waals surface area (Å²) in [4.78, 5) is 37.2. The number of hydrogen-bond acceptors (Lipinski definition) is 6. The Hall–Kier alpha value is -2.61. The Labute approximate surface area is 172 Å². The van der Waals surface area contributed by atoms with Gasteiger partial charge in [0, 0.05) is 13.0 Å². The molecule has 8 nitrogen and oxygen atoms in total. The van der Waals surface area contributed by atoms with Crippen molar-refractivity contribution >= 4 is 17.8 Å². The topological polar surface area (TPSA) is 136 Å². The van der Waals surface area contributed by atoms with Gasteiger partial charge in [-0.25, -0.2) is 0 Å². The Bertz CT molecular complexity index is 712. The molecule has 162 valence electrons. The number of nitrogens with zero attached hydrogens (tertiary/aromatic N) is 1. The number of benzene rings is 1. The van der Waals surface area contributed by atoms with Gasteiger partial charge in [0.05, 0.1) is 13.2 Å². The number of nitrogens with two attached hydrogens (primary N) is 2. The van der Waals surface area contributed by atoms with Crippen LogP contribution in [0.4, 0.5) is 0 Å². The number of esters is 1. The lowest BCUT2D eigenvalue weighted by Crippen LogP contribution is -2.53. The predicted octanol–water partition coefficient (Wildman–Crippen LogP) is 1.31. The van der Waals surface area contributed by atoms with Crippen LogP contribution in [0, 0.1) is 13.8 Å². The summed E-state index contributed by atoms with van der Waals surface area (Å²) in [6.45, 7) is 5.61. The largest absolute Gasteiger partial charge is 0.508 e. The van der Waals surface area contributed by atoms with Crippen LogP contribution in [0.15, 0.2) is 12.1 Å². The maximum Gasteiger partial charge on any atom is 0.305 e. The Morgan fingerprint density at radius 1 is 1.14 bits per heavy atom. The normalized spacial score (nSPS) is 12.9. The van der Waals surface area contributed by atoms with E-state index in [-0.39, 0.29) is 17.6 Å². The molecule has 0 aromatic heterocycles. The van der Waals surface area contributed by atoms with Gasteiger partial charge < -0.3 is 26.2 Å². The van der Waals surface area contributed by atoms with E-state index in [2.05, 4.69) is 4.74 Å². The molecule has 5 N–H and O–H groups in total. The van der Waals surface area contributed by atoms with Crippen LogP contribution in [0.25, 0.3) is 0 Å². The van der Waals surface area contributed by atoms with Crippen LogP contribution >= 0.6 is 0 Å². The second kappa shape index (κ2) is 11.4. The van der Waals surface area contributed by atoms with E-state index in [1.807, 2.05) is 13.8 Å². The highest BCUT2D eigenvalue weighted by Crippen LogP contribution is 2.22. The van der Waals surface area contributed by atoms with Crippen LogP contribution in [-0.2, 0) is 25.5 Å². The van der Waals surface area contributed by atoms with E-state index in [1.54, 1.807) is 19.1 Å². The molecule has 29 heavy (non-hydrogen) atoms. The zero-order valence-corrected chi connectivity index (χ0v) is 17.7. The molecule has 0 radical (unpaired) electrons. The summed E-state index contributed by atoms with van der Waals surface area (Å²) >= 11 is 0. The highest BCUT2D eigenvalue weighted by molar-refractivity contribution is 5.89. The van der Waals surface area contributed by atoms with Crippen molar-refractivity contribution in [2.75, 3.05) is 13.7 Å². The van der Waals surface area contributed by atoms with Crippen molar-refractivity contribution < 1.29 is 24.2 Å². The number of hydrogen-bond donors (Lipinski definition) is 3. The van der Waals surface area contributed by atoms with Crippen molar-refractivity contribution in [3.63, 3.8) is 0 Å². The predicted molar refractivity (Wildman–Crippen MR) is 110 cm³/mol. The number of aryl methyl sites for hydroxylation is 2. The van der Waals surface area contributed by atoms with E-state index in [0.29, 0.717) is 38.6 Å². The molecule has 8 heteroatoms. The first kappa shape index (κ1) is 24.4. The first-order valence-corrected chi connectivity index (χ1v) is 9.79. The Morgan fingerprint density at radius 3 is 2.24 bits per heavy atom. The smallest absolute Gasteiger partial charge is 0.305 e. The first-order chi connectivity index (χ1) is 13.6. The number of phenolic OH excluding ortho intramolecular Hbond substituents is 1. The minimum absolute atomic E-state index is 0.166. The SMILES string of the molecule is COC(=O)CCCCCN(C(=O)[C@@H](N)Cc1c(C)cc(O)cc1C)[C@H](C)C(N)=O. The third-order valence-electron chi connectivity index (χ3n) is 5.09. The molecule has 0 saturated carbocycles. The average molecular weight is 408 g/mol. The summed E-state index contributed by atoms with van der Waals surface area (Å²) in [5.41, 5.74) is 14.2. The zero-order chi connectivity index (χ0) is 22.1. The summed E-state index contributed by atoms with van der Waals surface area (Å²) in [5, 5.41) is 9.69. The lowest BCUT2D eigenvalue weighted by molar-refractivity contribution is -0.141. The molecule has 0 bridgehead atoms. The van der Waals surface area contributed by atoms with Crippen molar-refractivity contribution in [1.82, 2.24) is 4.90 Å². The minimum atomic E-state index is -0.839. The quantitative estimate of drug-likeness (QED) is 0.374. The van der Waals surface area contributed by atoms with Crippen LogP contribution in [0.1, 0.15) is 49.3 Å². The second-order valence-electron chi connectivity index (χ2n) is 7.37. The fraction of sp³-hybridized carbons (Fsp3) is 0.571. The molecule has 0 saturated heterocycles. The molecule has 0 aliphatic rings. The van der Waals surface area contributed by atoms with Gasteiger partial charge >= 0.3 is 5.97 Å². The van der Waals surface area contributed by atoms with Gasteiger partial charge in [0.1, 0.15) is 11.8 Å². The minimum Gasteiger partial charge on any atom is -0.508 e. The summed E-state index contributed by atoms with van der Waals surface area (Å²) in [5.74, 6) is -1.06. The molecule has 2 atom stereocenters. The number of carbonyl (C=O) groups excluding carboxylic acids is 3. The number of primary amides is 1. The molecule has 0 spiro atoms. The van der Waals surface area contributed by atoms with Crippen molar-refractivity contribution in [1.29, 1.82) is 0 Å². The van der Waals surface area contributed by atoms with E-state index >= 15 is 0 Å². The van der Waals surface area contributed by atoms with Gasteiger partial charge in [0.2, 0.25) is 11.8 Å². The molecule has 0 aliphatic carbocycles. The fourth-order valence-corrected chi connectivity index (χ4v) is 3.29. The van der Waals surface area contributed by atoms with Crippen molar-refractivity contribution in [2.45, 2.75) is 65.0 Å². The molecule has 1 rings (SSSR count). The summed E-state index contributed by atoms with van der Waals surface area (Å²) in [6, 6.07) is 1.64. The third-order valence-corrected chi connectivity index (χ3v) is 5.09. The summed E-state index contributed by atoms with van der Waals surface area (Å²) in [7, 11) is 1.34. The highest BCUT2D eigenvalue weighted by Gasteiger charge is 2.28. The van der Waals surface area contributed by atoms with Crippen LogP contribution < -0.4 is 11.5 Å². The van der Waals surface area contributed by atoms with E-state index in [1.165, 1.54) is 12.0 Å². The summed E-state index contributed by atoms with van der Waals surface area (Å²) in [6.07, 6.45) is 2.56. The molecule has 1 aromatic carbocycles. The highest BCUT2D eigenvalue weighted by atomic mass is 16.5. The van der Waals surface area contributed by atoms with Gasteiger partial charge in [-0.2, -0.15) is 0 Å². The molecular weight excluding hydrogens is 374 g/mol. The van der Waals surface area contributed by atoms with Crippen molar-refractivity contribution in [3.8, 4) is 5.75 Å². The lowest BCUT2D eigenvalue weighted by atomic mass is 9.95. The van der Waals surface area contributed by atoms with Gasteiger partial charge in [0.15, 0.2) is 0 Å². The van der Waals surface area contributed by atoms with Gasteiger partial charge in [0.25, 0.3) is 0 Å². The molecule has 0 fully saturated rings. The van der Waals surface area contributed by atoms with Crippen molar-refractivity contribution in [2.24, 2.45) is 11.5 Å². The third kappa shape index (κ3) is 7.38. The van der Waals surface area contributed by atoms with Crippen molar-refractivity contribution in [3.05, 3.63) is 28.8 Å². The van der Waals surface area contributed by atoms with Gasteiger partial charge in [-0.15, -0.1) is 0 Å². The van der Waals surface area contributed by atoms with E-state index in [4.69, 9.17) is 11.5 Å². The first-order valence-electron chi connectivity index (χ1n) is 9.79. The maximum atomic E-state index is 13.0. The Balaban J connectivity index is 2.80. The molecule has 0 heterocycles. The number of methoxy groups -OCH3 is 1. The van der Waals surface area contributed by atoms with E-state index in [9.17, 15) is 19.5 Å². The van der Waals surface area contributed by atoms with Gasteiger partial charge in [-0.1, -0.05) is 6.42 Å². The Kier molecular flexibility index (Phi) is 9.61. The zero-order valence-electron chi connectivity index (χ0n) is 17.7. The van der Waals surface area contributed by atoms with Crippen LogP contribution in [0.2, 0.25) is 0 Å². The number of aromatic hydroxyl groups is 1. The Morgan fingerprint density at radius 2 is 1.72 bits per heavy atom. The molecule has 0 unspecified atom stereocenters. The number of rotatable bonds is 11. The van der Waals surface area contributed by atoms with Crippen LogP contribution in [0.5, 0.6) is 5.75 Å². The van der Waals surface area contributed by atoms with Gasteiger partial charge in [-0.3, -0.25) is 14.4 Å². The number of phenols is 1. The number of amides is 2. The second-order valence-corrected chi connectivity index (χ2v) is 7.37. The molecule has 2 amide bonds. The standard InChI is InChI=1S/C21H33N3O5/c1-13-10-16(25)11-14(2)17(13)12-18(22)21(28)24(15(3)20(23)27)9-7-5-6-8-19(26)29-4/h10-11,15,18,25H,5-9,12,22H2,1-4H3,(H2,23,27)/t15-,18+/m1/s1. The molecule has 0 aliphatic heterocycles. The van der Waals surface area contributed by atoms with Crippen LogP contribution in [-0.4, -0.2) is 53.5 Å².